The molecule has 0 unspecified atom stereocenters. The quantitative estimate of drug-likeness (QED) is 0.874. The van der Waals surface area contributed by atoms with E-state index in [-0.39, 0.29) is 11.9 Å². The summed E-state index contributed by atoms with van der Waals surface area (Å²) >= 11 is 0. The standard InChI is InChI=1S/C14H21FN2/c1-11-3-2-8-17(10-11)14(9-16)12-4-6-13(15)7-5-12/h4-7,11,14H,2-3,8-10,16H2,1H3/t11-,14+/m1/s1. The zero-order chi connectivity index (χ0) is 12.3. The van der Waals surface area contributed by atoms with Crippen LogP contribution >= 0.6 is 0 Å². The zero-order valence-corrected chi connectivity index (χ0v) is 10.4. The maximum Gasteiger partial charge on any atom is 0.123 e. The first-order chi connectivity index (χ1) is 8.20. The maximum absolute atomic E-state index is 12.9. The van der Waals surface area contributed by atoms with Gasteiger partial charge in [0.15, 0.2) is 0 Å². The number of hydrogen-bond donors (Lipinski definition) is 1. The van der Waals surface area contributed by atoms with E-state index in [1.54, 1.807) is 0 Å². The van der Waals surface area contributed by atoms with Gasteiger partial charge in [0.2, 0.25) is 0 Å². The highest BCUT2D eigenvalue weighted by Gasteiger charge is 2.23. The summed E-state index contributed by atoms with van der Waals surface area (Å²) in [6.45, 7) is 5.07. The molecule has 0 aromatic heterocycles. The Kier molecular flexibility index (Phi) is 4.13. The Morgan fingerprint density at radius 2 is 2.12 bits per heavy atom. The van der Waals surface area contributed by atoms with Crippen molar-refractivity contribution in [3.05, 3.63) is 35.6 Å². The summed E-state index contributed by atoms with van der Waals surface area (Å²) in [6.07, 6.45) is 2.54. The van der Waals surface area contributed by atoms with Gasteiger partial charge in [0.05, 0.1) is 0 Å². The van der Waals surface area contributed by atoms with Gasteiger partial charge in [-0.3, -0.25) is 4.90 Å². The van der Waals surface area contributed by atoms with Crippen LogP contribution in [0.5, 0.6) is 0 Å². The van der Waals surface area contributed by atoms with Crippen molar-refractivity contribution < 1.29 is 4.39 Å². The van der Waals surface area contributed by atoms with Gasteiger partial charge in [-0.05, 0) is 43.0 Å². The smallest absolute Gasteiger partial charge is 0.123 e. The third-order valence-electron chi connectivity index (χ3n) is 3.61. The summed E-state index contributed by atoms with van der Waals surface area (Å²) in [5.74, 6) is 0.551. The predicted octanol–water partition coefficient (Wildman–Crippen LogP) is 2.56. The van der Waals surface area contributed by atoms with Crippen molar-refractivity contribution in [3.63, 3.8) is 0 Å². The molecule has 1 saturated heterocycles. The number of nitrogens with two attached hydrogens (primary N) is 1. The molecule has 0 bridgehead atoms. The Morgan fingerprint density at radius 3 is 2.71 bits per heavy atom. The fourth-order valence-electron chi connectivity index (χ4n) is 2.69. The van der Waals surface area contributed by atoms with Crippen molar-refractivity contribution in [3.8, 4) is 0 Å². The van der Waals surface area contributed by atoms with Crippen molar-refractivity contribution in [1.29, 1.82) is 0 Å². The Morgan fingerprint density at radius 1 is 1.41 bits per heavy atom. The van der Waals surface area contributed by atoms with Crippen LogP contribution in [0.2, 0.25) is 0 Å². The van der Waals surface area contributed by atoms with E-state index >= 15 is 0 Å². The van der Waals surface area contributed by atoms with Crippen molar-refractivity contribution in [2.24, 2.45) is 11.7 Å². The Hall–Kier alpha value is -0.930. The summed E-state index contributed by atoms with van der Waals surface area (Å²) in [7, 11) is 0. The third-order valence-corrected chi connectivity index (χ3v) is 3.61. The fourth-order valence-corrected chi connectivity index (χ4v) is 2.69. The first-order valence-electron chi connectivity index (χ1n) is 6.40. The minimum atomic E-state index is -0.184. The van der Waals surface area contributed by atoms with Crippen molar-refractivity contribution in [2.75, 3.05) is 19.6 Å². The molecule has 1 aromatic carbocycles. The summed E-state index contributed by atoms with van der Waals surface area (Å²) < 4.78 is 12.9. The molecule has 0 amide bonds. The summed E-state index contributed by atoms with van der Waals surface area (Å²) in [6, 6.07) is 6.98. The molecule has 1 aliphatic rings. The number of hydrogen-bond acceptors (Lipinski definition) is 2. The van der Waals surface area contributed by atoms with E-state index in [9.17, 15) is 4.39 Å². The number of halogens is 1. The van der Waals surface area contributed by atoms with Gasteiger partial charge in [0.25, 0.3) is 0 Å². The lowest BCUT2D eigenvalue weighted by atomic mass is 9.96. The number of likely N-dealkylation sites (tertiary alicyclic amines) is 1. The van der Waals surface area contributed by atoms with E-state index in [2.05, 4.69) is 11.8 Å². The molecular weight excluding hydrogens is 215 g/mol. The van der Waals surface area contributed by atoms with Crippen LogP contribution in [0.3, 0.4) is 0 Å². The topological polar surface area (TPSA) is 29.3 Å². The lowest BCUT2D eigenvalue weighted by molar-refractivity contribution is 0.133. The van der Waals surface area contributed by atoms with Gasteiger partial charge in [0.1, 0.15) is 5.82 Å². The van der Waals surface area contributed by atoms with Gasteiger partial charge >= 0.3 is 0 Å². The van der Waals surface area contributed by atoms with Crippen molar-refractivity contribution >= 4 is 0 Å². The molecule has 0 radical (unpaired) electrons. The first kappa shape index (κ1) is 12.5. The highest BCUT2D eigenvalue weighted by molar-refractivity contribution is 5.20. The van der Waals surface area contributed by atoms with E-state index in [0.717, 1.165) is 24.6 Å². The summed E-state index contributed by atoms with van der Waals surface area (Å²) in [4.78, 5) is 2.43. The van der Waals surface area contributed by atoms with Crippen molar-refractivity contribution in [1.82, 2.24) is 4.90 Å². The largest absolute Gasteiger partial charge is 0.329 e. The molecule has 1 fully saturated rings. The first-order valence-corrected chi connectivity index (χ1v) is 6.40. The average molecular weight is 236 g/mol. The third kappa shape index (κ3) is 3.05. The molecule has 0 spiro atoms. The van der Waals surface area contributed by atoms with Crippen LogP contribution < -0.4 is 5.73 Å². The molecule has 2 N–H and O–H groups in total. The van der Waals surface area contributed by atoms with Gasteiger partial charge in [-0.2, -0.15) is 0 Å². The minimum absolute atomic E-state index is 0.184. The molecule has 2 nitrogen and oxygen atoms in total. The maximum atomic E-state index is 12.9. The van der Waals surface area contributed by atoms with Crippen LogP contribution in [0.25, 0.3) is 0 Å². The number of rotatable bonds is 3. The highest BCUT2D eigenvalue weighted by atomic mass is 19.1. The Balaban J connectivity index is 2.12. The highest BCUT2D eigenvalue weighted by Crippen LogP contribution is 2.26. The molecular formula is C14H21FN2. The van der Waals surface area contributed by atoms with Crippen LogP contribution in [-0.4, -0.2) is 24.5 Å². The fraction of sp³-hybridized carbons (Fsp3) is 0.571. The summed E-state index contributed by atoms with van der Waals surface area (Å²) in [5, 5.41) is 0. The van der Waals surface area contributed by atoms with Gasteiger partial charge in [-0.15, -0.1) is 0 Å². The minimum Gasteiger partial charge on any atom is -0.329 e. The molecule has 2 atom stereocenters. The molecule has 3 heteroatoms. The van der Waals surface area contributed by atoms with Crippen LogP contribution in [0.1, 0.15) is 31.4 Å². The van der Waals surface area contributed by atoms with E-state index in [1.165, 1.54) is 25.0 Å². The lowest BCUT2D eigenvalue weighted by Gasteiger charge is -2.37. The van der Waals surface area contributed by atoms with Gasteiger partial charge in [0, 0.05) is 19.1 Å². The number of piperidine rings is 1. The molecule has 0 aliphatic carbocycles. The van der Waals surface area contributed by atoms with Gasteiger partial charge in [-0.1, -0.05) is 19.1 Å². The summed E-state index contributed by atoms with van der Waals surface area (Å²) in [5.41, 5.74) is 7.01. The molecule has 94 valence electrons. The molecule has 17 heavy (non-hydrogen) atoms. The van der Waals surface area contributed by atoms with E-state index in [4.69, 9.17) is 5.73 Å². The van der Waals surface area contributed by atoms with Crippen LogP contribution in [0.4, 0.5) is 4.39 Å². The SMILES string of the molecule is C[C@@H]1CCCN([C@@H](CN)c2ccc(F)cc2)C1. The predicted molar refractivity (Wildman–Crippen MR) is 68.2 cm³/mol. The van der Waals surface area contributed by atoms with E-state index in [0.29, 0.717) is 6.54 Å². The van der Waals surface area contributed by atoms with E-state index < -0.39 is 0 Å². The number of nitrogens with zero attached hydrogens (tertiary/aromatic N) is 1. The zero-order valence-electron chi connectivity index (χ0n) is 10.4. The Labute approximate surface area is 103 Å². The Bertz CT molecular complexity index is 350. The van der Waals surface area contributed by atoms with Gasteiger partial charge < -0.3 is 5.73 Å². The second-order valence-corrected chi connectivity index (χ2v) is 5.05. The average Bonchev–Trinajstić information content (AvgIpc) is 2.33. The molecule has 1 aliphatic heterocycles. The number of benzene rings is 1. The van der Waals surface area contributed by atoms with Gasteiger partial charge in [-0.25, -0.2) is 4.39 Å². The second kappa shape index (κ2) is 5.61. The normalized spacial score (nSPS) is 23.6. The second-order valence-electron chi connectivity index (χ2n) is 5.05. The monoisotopic (exact) mass is 236 g/mol. The van der Waals surface area contributed by atoms with Crippen LogP contribution in [0, 0.1) is 11.7 Å². The van der Waals surface area contributed by atoms with E-state index in [1.807, 2.05) is 12.1 Å². The molecule has 0 saturated carbocycles. The van der Waals surface area contributed by atoms with Crippen molar-refractivity contribution in [2.45, 2.75) is 25.8 Å². The molecule has 1 aromatic rings. The molecule has 2 rings (SSSR count). The lowest BCUT2D eigenvalue weighted by Crippen LogP contribution is -2.40. The molecule has 1 heterocycles. The van der Waals surface area contributed by atoms with Crippen LogP contribution in [0.15, 0.2) is 24.3 Å². The van der Waals surface area contributed by atoms with Crippen LogP contribution in [-0.2, 0) is 0 Å².